The molecule has 0 aromatic heterocycles. The van der Waals surface area contributed by atoms with Crippen LogP contribution in [0.1, 0.15) is 35.3 Å². The van der Waals surface area contributed by atoms with Crippen LogP contribution in [0.2, 0.25) is 0 Å². The van der Waals surface area contributed by atoms with Crippen LogP contribution in [0.15, 0.2) is 18.2 Å². The Kier molecular flexibility index (Phi) is 5.00. The van der Waals surface area contributed by atoms with E-state index in [1.54, 1.807) is 6.07 Å². The fourth-order valence-electron chi connectivity index (χ4n) is 2.59. The highest BCUT2D eigenvalue weighted by molar-refractivity contribution is 5.96. The Hall–Kier alpha value is -1.83. The summed E-state index contributed by atoms with van der Waals surface area (Å²) in [4.78, 5) is 14.5. The second-order valence-corrected chi connectivity index (χ2v) is 5.46. The van der Waals surface area contributed by atoms with Gasteiger partial charge in [-0.1, -0.05) is 17.9 Å². The van der Waals surface area contributed by atoms with Crippen molar-refractivity contribution < 1.29 is 14.6 Å². The molecule has 1 fully saturated rings. The van der Waals surface area contributed by atoms with Crippen LogP contribution in [-0.4, -0.2) is 47.8 Å². The summed E-state index contributed by atoms with van der Waals surface area (Å²) in [5.74, 6) is 5.46. The Morgan fingerprint density at radius 2 is 2.05 bits per heavy atom. The molecule has 0 saturated carbocycles. The normalized spacial score (nSPS) is 21.6. The molecule has 0 spiro atoms. The maximum atomic E-state index is 12.7. The molecule has 2 atom stereocenters. The lowest BCUT2D eigenvalue weighted by Gasteiger charge is -2.35. The second-order valence-electron chi connectivity index (χ2n) is 5.46. The van der Waals surface area contributed by atoms with Gasteiger partial charge in [0.2, 0.25) is 0 Å². The van der Waals surface area contributed by atoms with E-state index in [0.717, 1.165) is 11.1 Å². The van der Waals surface area contributed by atoms with Gasteiger partial charge < -0.3 is 14.7 Å². The highest BCUT2D eigenvalue weighted by Gasteiger charge is 2.27. The number of aryl methyl sites for hydroxylation is 1. The summed E-state index contributed by atoms with van der Waals surface area (Å²) < 4.78 is 5.67. The van der Waals surface area contributed by atoms with Crippen molar-refractivity contribution in [3.05, 3.63) is 34.9 Å². The molecule has 1 aliphatic heterocycles. The maximum Gasteiger partial charge on any atom is 0.254 e. The van der Waals surface area contributed by atoms with Gasteiger partial charge in [0.25, 0.3) is 5.91 Å². The van der Waals surface area contributed by atoms with Crippen molar-refractivity contribution in [1.82, 2.24) is 4.90 Å². The van der Waals surface area contributed by atoms with Crippen LogP contribution in [0.4, 0.5) is 0 Å². The molecule has 1 aromatic carbocycles. The minimum absolute atomic E-state index is 0.0159. The molecule has 2 rings (SSSR count). The molecular formula is C17H21NO3. The van der Waals surface area contributed by atoms with Gasteiger partial charge in [-0.15, -0.1) is 0 Å². The third-order valence-corrected chi connectivity index (χ3v) is 3.49. The lowest BCUT2D eigenvalue weighted by molar-refractivity contribution is -0.0586. The number of ether oxygens (including phenoxy) is 1. The van der Waals surface area contributed by atoms with Crippen LogP contribution in [0.3, 0.4) is 0 Å². The topological polar surface area (TPSA) is 49.8 Å². The van der Waals surface area contributed by atoms with Gasteiger partial charge in [-0.3, -0.25) is 4.79 Å². The van der Waals surface area contributed by atoms with Crippen molar-refractivity contribution in [3.63, 3.8) is 0 Å². The first kappa shape index (κ1) is 15.6. The molecule has 4 heteroatoms. The van der Waals surface area contributed by atoms with E-state index in [0.29, 0.717) is 18.7 Å². The van der Waals surface area contributed by atoms with Gasteiger partial charge in [0.1, 0.15) is 6.61 Å². The third kappa shape index (κ3) is 3.84. The van der Waals surface area contributed by atoms with Crippen molar-refractivity contribution >= 4 is 5.91 Å². The Labute approximate surface area is 125 Å². The van der Waals surface area contributed by atoms with E-state index >= 15 is 0 Å². The van der Waals surface area contributed by atoms with Crippen molar-refractivity contribution in [1.29, 1.82) is 0 Å². The van der Waals surface area contributed by atoms with Crippen LogP contribution in [0.5, 0.6) is 0 Å². The molecule has 1 aliphatic rings. The molecule has 1 N–H and O–H groups in total. The fraction of sp³-hybridized carbons (Fsp3) is 0.471. The van der Waals surface area contributed by atoms with E-state index in [1.807, 2.05) is 37.8 Å². The predicted molar refractivity (Wildman–Crippen MR) is 81.1 cm³/mol. The van der Waals surface area contributed by atoms with Crippen molar-refractivity contribution in [3.8, 4) is 11.8 Å². The maximum absolute atomic E-state index is 12.7. The van der Waals surface area contributed by atoms with Gasteiger partial charge in [0.15, 0.2) is 0 Å². The van der Waals surface area contributed by atoms with E-state index in [-0.39, 0.29) is 24.7 Å². The highest BCUT2D eigenvalue weighted by Crippen LogP contribution is 2.17. The van der Waals surface area contributed by atoms with Crippen LogP contribution in [0.25, 0.3) is 0 Å². The number of carbonyl (C=O) groups is 1. The van der Waals surface area contributed by atoms with Gasteiger partial charge >= 0.3 is 0 Å². The van der Waals surface area contributed by atoms with Crippen LogP contribution in [0, 0.1) is 18.8 Å². The summed E-state index contributed by atoms with van der Waals surface area (Å²) in [5, 5.41) is 8.76. The van der Waals surface area contributed by atoms with Crippen LogP contribution in [-0.2, 0) is 4.74 Å². The first-order chi connectivity index (χ1) is 10.0. The second kappa shape index (κ2) is 6.75. The molecule has 4 nitrogen and oxygen atoms in total. The van der Waals surface area contributed by atoms with E-state index in [1.165, 1.54) is 0 Å². The molecule has 112 valence electrons. The van der Waals surface area contributed by atoms with E-state index < -0.39 is 0 Å². The van der Waals surface area contributed by atoms with Crippen LogP contribution >= 0.6 is 0 Å². The SMILES string of the molecule is Cc1ccc(C#CCO)cc1C(=O)N1C[C@@H](C)O[C@@H](C)C1. The van der Waals surface area contributed by atoms with Gasteiger partial charge in [-0.2, -0.15) is 0 Å². The molecule has 0 unspecified atom stereocenters. The Morgan fingerprint density at radius 1 is 1.38 bits per heavy atom. The number of aliphatic hydroxyl groups excluding tert-OH is 1. The fourth-order valence-corrected chi connectivity index (χ4v) is 2.59. The zero-order valence-corrected chi connectivity index (χ0v) is 12.7. The largest absolute Gasteiger partial charge is 0.384 e. The molecule has 21 heavy (non-hydrogen) atoms. The molecule has 1 aromatic rings. The zero-order chi connectivity index (χ0) is 15.4. The summed E-state index contributed by atoms with van der Waals surface area (Å²) in [6.07, 6.45) is 0.103. The quantitative estimate of drug-likeness (QED) is 0.798. The molecule has 0 aliphatic carbocycles. The minimum Gasteiger partial charge on any atom is -0.384 e. The average molecular weight is 287 g/mol. The van der Waals surface area contributed by atoms with Gasteiger partial charge in [0, 0.05) is 24.2 Å². The molecule has 1 saturated heterocycles. The van der Waals surface area contributed by atoms with E-state index in [9.17, 15) is 4.79 Å². The number of amides is 1. The molecule has 0 bridgehead atoms. The summed E-state index contributed by atoms with van der Waals surface area (Å²) >= 11 is 0. The summed E-state index contributed by atoms with van der Waals surface area (Å²) in [5.41, 5.74) is 2.34. The lowest BCUT2D eigenvalue weighted by Crippen LogP contribution is -2.48. The number of morpholine rings is 1. The first-order valence-electron chi connectivity index (χ1n) is 7.16. The molecular weight excluding hydrogens is 266 g/mol. The minimum atomic E-state index is -0.185. The number of benzene rings is 1. The van der Waals surface area contributed by atoms with E-state index in [2.05, 4.69) is 11.8 Å². The number of aliphatic hydroxyl groups is 1. The standard InChI is InChI=1S/C17H21NO3/c1-12-6-7-15(5-4-8-19)9-16(12)17(20)18-10-13(2)21-14(3)11-18/h6-7,9,13-14,19H,8,10-11H2,1-3H3/t13-,14+. The van der Waals surface area contributed by atoms with Crippen molar-refractivity contribution in [2.75, 3.05) is 19.7 Å². The number of carbonyl (C=O) groups excluding carboxylic acids is 1. The van der Waals surface area contributed by atoms with Gasteiger partial charge in [-0.05, 0) is 38.5 Å². The smallest absolute Gasteiger partial charge is 0.254 e. The number of nitrogens with zero attached hydrogens (tertiary/aromatic N) is 1. The van der Waals surface area contributed by atoms with Crippen molar-refractivity contribution in [2.45, 2.75) is 33.0 Å². The number of rotatable bonds is 1. The van der Waals surface area contributed by atoms with Crippen molar-refractivity contribution in [2.24, 2.45) is 0 Å². The van der Waals surface area contributed by atoms with Crippen LogP contribution < -0.4 is 0 Å². The third-order valence-electron chi connectivity index (χ3n) is 3.49. The summed E-state index contributed by atoms with van der Waals surface area (Å²) in [7, 11) is 0. The zero-order valence-electron chi connectivity index (χ0n) is 12.7. The monoisotopic (exact) mass is 287 g/mol. The Balaban J connectivity index is 2.25. The summed E-state index contributed by atoms with van der Waals surface area (Å²) in [6, 6.07) is 5.55. The van der Waals surface area contributed by atoms with Gasteiger partial charge in [-0.25, -0.2) is 0 Å². The Bertz CT molecular complexity index is 575. The number of hydrogen-bond donors (Lipinski definition) is 1. The number of hydrogen-bond acceptors (Lipinski definition) is 3. The molecule has 1 heterocycles. The first-order valence-corrected chi connectivity index (χ1v) is 7.16. The molecule has 0 radical (unpaired) electrons. The van der Waals surface area contributed by atoms with E-state index in [4.69, 9.17) is 9.84 Å². The summed E-state index contributed by atoms with van der Waals surface area (Å²) in [6.45, 7) is 6.90. The van der Waals surface area contributed by atoms with Gasteiger partial charge in [0.05, 0.1) is 12.2 Å². The molecule has 1 amide bonds. The Morgan fingerprint density at radius 3 is 2.67 bits per heavy atom. The predicted octanol–water partition coefficient (Wildman–Crippen LogP) is 1.59. The average Bonchev–Trinajstić information content (AvgIpc) is 2.44. The lowest BCUT2D eigenvalue weighted by atomic mass is 10.0. The highest BCUT2D eigenvalue weighted by atomic mass is 16.5.